The maximum Gasteiger partial charge on any atom is 0.295 e. The Hall–Kier alpha value is -3.32. The molecule has 1 N–H and O–H groups in total. The van der Waals surface area contributed by atoms with E-state index in [0.717, 1.165) is 18.4 Å². The monoisotopic (exact) mass is 437 g/mol. The van der Waals surface area contributed by atoms with Gasteiger partial charge in [-0.15, -0.1) is 0 Å². The highest BCUT2D eigenvalue weighted by atomic mass is 16.5. The molecule has 0 spiro atoms. The summed E-state index contributed by atoms with van der Waals surface area (Å²) in [6, 6.07) is 13.3. The van der Waals surface area contributed by atoms with Gasteiger partial charge in [-0.3, -0.25) is 9.59 Å². The SMILES string of the molecule is CCOc1ccc([C@@H]2/C(=C(\O)c3ccc(OC)cc3)C(=O)C(=O)N2C[C@@H]2CCCO2)cc1. The van der Waals surface area contributed by atoms with Gasteiger partial charge in [-0.05, 0) is 61.7 Å². The number of aliphatic hydroxyl groups excluding tert-OH is 1. The maximum atomic E-state index is 13.1. The summed E-state index contributed by atoms with van der Waals surface area (Å²) in [5.74, 6) is -0.213. The van der Waals surface area contributed by atoms with E-state index in [1.807, 2.05) is 19.1 Å². The highest BCUT2D eigenvalue weighted by molar-refractivity contribution is 6.46. The first-order chi connectivity index (χ1) is 15.5. The number of amides is 1. The smallest absolute Gasteiger partial charge is 0.295 e. The van der Waals surface area contributed by atoms with Crippen molar-refractivity contribution in [1.82, 2.24) is 4.90 Å². The summed E-state index contributed by atoms with van der Waals surface area (Å²) in [6.45, 7) is 3.38. The van der Waals surface area contributed by atoms with Gasteiger partial charge in [0.1, 0.15) is 17.3 Å². The van der Waals surface area contributed by atoms with E-state index in [4.69, 9.17) is 14.2 Å². The van der Waals surface area contributed by atoms with E-state index in [0.29, 0.717) is 36.8 Å². The van der Waals surface area contributed by atoms with Crippen LogP contribution in [0, 0.1) is 0 Å². The molecule has 168 valence electrons. The van der Waals surface area contributed by atoms with E-state index in [9.17, 15) is 14.7 Å². The summed E-state index contributed by atoms with van der Waals surface area (Å²) >= 11 is 0. The van der Waals surface area contributed by atoms with Crippen molar-refractivity contribution in [1.29, 1.82) is 0 Å². The van der Waals surface area contributed by atoms with Gasteiger partial charge in [-0.1, -0.05) is 12.1 Å². The molecular formula is C25H27NO6. The van der Waals surface area contributed by atoms with Crippen LogP contribution in [-0.4, -0.2) is 54.7 Å². The van der Waals surface area contributed by atoms with Crippen molar-refractivity contribution < 1.29 is 28.9 Å². The zero-order valence-electron chi connectivity index (χ0n) is 18.2. The minimum atomic E-state index is -0.711. The van der Waals surface area contributed by atoms with Gasteiger partial charge in [0.2, 0.25) is 0 Å². The number of benzene rings is 2. The number of ether oxygens (including phenoxy) is 3. The Balaban J connectivity index is 1.77. The topological polar surface area (TPSA) is 85.3 Å². The first-order valence-corrected chi connectivity index (χ1v) is 10.8. The molecule has 2 aromatic rings. The van der Waals surface area contributed by atoms with E-state index in [1.165, 1.54) is 4.90 Å². The third-order valence-corrected chi connectivity index (χ3v) is 5.83. The van der Waals surface area contributed by atoms with Gasteiger partial charge in [-0.25, -0.2) is 0 Å². The van der Waals surface area contributed by atoms with Gasteiger partial charge < -0.3 is 24.2 Å². The fourth-order valence-corrected chi connectivity index (χ4v) is 4.24. The lowest BCUT2D eigenvalue weighted by atomic mass is 9.95. The standard InChI is InChI=1S/C25H27NO6/c1-3-31-19-12-6-16(7-13-19)22-21(23(27)17-8-10-18(30-2)11-9-17)24(28)25(29)26(22)15-20-5-4-14-32-20/h6-13,20,22,27H,3-5,14-15H2,1-2H3/b23-21+/t20-,22+/m0/s1. The predicted molar refractivity (Wildman–Crippen MR) is 119 cm³/mol. The van der Waals surface area contributed by atoms with Crippen LogP contribution in [0.2, 0.25) is 0 Å². The van der Waals surface area contributed by atoms with E-state index in [-0.39, 0.29) is 17.4 Å². The third kappa shape index (κ3) is 4.21. The van der Waals surface area contributed by atoms with Gasteiger partial charge in [0.25, 0.3) is 11.7 Å². The summed E-state index contributed by atoms with van der Waals surface area (Å²) in [5.41, 5.74) is 1.24. The van der Waals surface area contributed by atoms with Crippen LogP contribution >= 0.6 is 0 Å². The van der Waals surface area contributed by atoms with Crippen LogP contribution in [0.15, 0.2) is 54.1 Å². The quantitative estimate of drug-likeness (QED) is 0.404. The Morgan fingerprint density at radius 2 is 1.78 bits per heavy atom. The minimum Gasteiger partial charge on any atom is -0.507 e. The summed E-state index contributed by atoms with van der Waals surface area (Å²) in [7, 11) is 1.55. The fourth-order valence-electron chi connectivity index (χ4n) is 4.24. The number of methoxy groups -OCH3 is 1. The lowest BCUT2D eigenvalue weighted by Gasteiger charge is -2.27. The maximum absolute atomic E-state index is 13.1. The number of aliphatic hydroxyl groups is 1. The van der Waals surface area contributed by atoms with Crippen molar-refractivity contribution >= 4 is 17.4 Å². The predicted octanol–water partition coefficient (Wildman–Crippen LogP) is 3.69. The van der Waals surface area contributed by atoms with E-state index in [2.05, 4.69) is 0 Å². The Morgan fingerprint density at radius 3 is 2.38 bits per heavy atom. The molecule has 4 rings (SSSR count). The molecule has 2 fully saturated rings. The molecule has 2 aliphatic heterocycles. The summed E-state index contributed by atoms with van der Waals surface area (Å²) in [5, 5.41) is 11.1. The van der Waals surface area contributed by atoms with Crippen molar-refractivity contribution in [3.8, 4) is 11.5 Å². The zero-order chi connectivity index (χ0) is 22.7. The summed E-state index contributed by atoms with van der Waals surface area (Å²) in [6.07, 6.45) is 1.63. The molecule has 2 atom stereocenters. The van der Waals surface area contributed by atoms with Gasteiger partial charge in [-0.2, -0.15) is 0 Å². The number of carbonyl (C=O) groups is 2. The fraction of sp³-hybridized carbons (Fsp3) is 0.360. The molecule has 0 saturated carbocycles. The van der Waals surface area contributed by atoms with E-state index >= 15 is 0 Å². The zero-order valence-corrected chi connectivity index (χ0v) is 18.2. The molecule has 0 radical (unpaired) electrons. The van der Waals surface area contributed by atoms with Crippen LogP contribution in [0.1, 0.15) is 36.9 Å². The number of hydrogen-bond acceptors (Lipinski definition) is 6. The number of rotatable bonds is 7. The Morgan fingerprint density at radius 1 is 1.09 bits per heavy atom. The van der Waals surface area contributed by atoms with Crippen LogP contribution in [0.5, 0.6) is 11.5 Å². The first-order valence-electron chi connectivity index (χ1n) is 10.8. The van der Waals surface area contributed by atoms with Crippen LogP contribution in [0.4, 0.5) is 0 Å². The number of hydrogen-bond donors (Lipinski definition) is 1. The van der Waals surface area contributed by atoms with E-state index < -0.39 is 17.7 Å². The van der Waals surface area contributed by atoms with Crippen molar-refractivity contribution in [2.24, 2.45) is 0 Å². The van der Waals surface area contributed by atoms with E-state index in [1.54, 1.807) is 43.5 Å². The molecule has 0 aliphatic carbocycles. The Bertz CT molecular complexity index is 1010. The number of ketones is 1. The summed E-state index contributed by atoms with van der Waals surface area (Å²) < 4.78 is 16.4. The Labute approximate surface area is 187 Å². The molecular weight excluding hydrogens is 410 g/mol. The molecule has 2 heterocycles. The molecule has 0 aromatic heterocycles. The lowest BCUT2D eigenvalue weighted by Crippen LogP contribution is -2.36. The molecule has 1 amide bonds. The van der Waals surface area contributed by atoms with Crippen LogP contribution < -0.4 is 9.47 Å². The van der Waals surface area contributed by atoms with Crippen LogP contribution in [0.3, 0.4) is 0 Å². The van der Waals surface area contributed by atoms with Crippen molar-refractivity contribution in [3.63, 3.8) is 0 Å². The first kappa shape index (κ1) is 21.9. The molecule has 7 heteroatoms. The average molecular weight is 437 g/mol. The lowest BCUT2D eigenvalue weighted by molar-refractivity contribution is -0.140. The van der Waals surface area contributed by atoms with Crippen molar-refractivity contribution in [3.05, 3.63) is 65.2 Å². The highest BCUT2D eigenvalue weighted by Crippen LogP contribution is 2.40. The molecule has 7 nitrogen and oxygen atoms in total. The van der Waals surface area contributed by atoms with Crippen LogP contribution in [0.25, 0.3) is 5.76 Å². The normalized spacial score (nSPS) is 22.4. The number of Topliss-reactive ketones (excluding diaryl/α,β-unsaturated/α-hetero) is 1. The molecule has 2 aliphatic rings. The van der Waals surface area contributed by atoms with Gasteiger partial charge >= 0.3 is 0 Å². The van der Waals surface area contributed by atoms with Gasteiger partial charge in [0.15, 0.2) is 0 Å². The average Bonchev–Trinajstić information content (AvgIpc) is 3.42. The second-order valence-corrected chi connectivity index (χ2v) is 7.82. The van der Waals surface area contributed by atoms with Crippen LogP contribution in [-0.2, 0) is 14.3 Å². The molecule has 0 bridgehead atoms. The van der Waals surface area contributed by atoms with Crippen molar-refractivity contribution in [2.45, 2.75) is 31.9 Å². The third-order valence-electron chi connectivity index (χ3n) is 5.83. The number of nitrogens with zero attached hydrogens (tertiary/aromatic N) is 1. The molecule has 2 saturated heterocycles. The summed E-state index contributed by atoms with van der Waals surface area (Å²) in [4.78, 5) is 27.6. The molecule has 0 unspecified atom stereocenters. The largest absolute Gasteiger partial charge is 0.507 e. The molecule has 32 heavy (non-hydrogen) atoms. The Kier molecular flexibility index (Phi) is 6.46. The number of likely N-dealkylation sites (tertiary alicyclic amines) is 1. The van der Waals surface area contributed by atoms with Crippen molar-refractivity contribution in [2.75, 3.05) is 26.9 Å². The second kappa shape index (κ2) is 9.44. The second-order valence-electron chi connectivity index (χ2n) is 7.82. The minimum absolute atomic E-state index is 0.0716. The number of carbonyl (C=O) groups excluding carboxylic acids is 2. The van der Waals surface area contributed by atoms with Gasteiger partial charge in [0.05, 0.1) is 31.4 Å². The van der Waals surface area contributed by atoms with Gasteiger partial charge in [0, 0.05) is 18.7 Å². The molecule has 2 aromatic carbocycles. The highest BCUT2D eigenvalue weighted by Gasteiger charge is 2.47.